The summed E-state index contributed by atoms with van der Waals surface area (Å²) in [6.45, 7) is 2.12. The lowest BCUT2D eigenvalue weighted by Crippen LogP contribution is -2.23. The van der Waals surface area contributed by atoms with Crippen LogP contribution in [0.4, 0.5) is 4.39 Å². The molecule has 2 aromatic carbocycles. The van der Waals surface area contributed by atoms with Gasteiger partial charge in [-0.1, -0.05) is 40.2 Å². The van der Waals surface area contributed by atoms with E-state index < -0.39 is 0 Å². The Morgan fingerprint density at radius 2 is 1.95 bits per heavy atom. The zero-order chi connectivity index (χ0) is 14.5. The molecule has 2 aromatic rings. The molecule has 0 fully saturated rings. The van der Waals surface area contributed by atoms with E-state index in [0.29, 0.717) is 6.42 Å². The number of hydrogen-bond donors (Lipinski definition) is 1. The molecule has 0 amide bonds. The number of benzene rings is 2. The first-order valence-corrected chi connectivity index (χ1v) is 7.59. The minimum absolute atomic E-state index is 0.0447. The molecular formula is C17H19BrFN. The first-order chi connectivity index (χ1) is 9.54. The van der Waals surface area contributed by atoms with Crippen LogP contribution in [0.3, 0.4) is 0 Å². The second-order valence-electron chi connectivity index (χ2n) is 5.21. The van der Waals surface area contributed by atoms with Crippen molar-refractivity contribution in [2.75, 3.05) is 0 Å². The normalized spacial score (nSPS) is 12.4. The Hall–Kier alpha value is -1.19. The zero-order valence-electron chi connectivity index (χ0n) is 11.6. The molecule has 0 spiro atoms. The molecule has 0 aliphatic carbocycles. The summed E-state index contributed by atoms with van der Waals surface area (Å²) in [4.78, 5) is 0. The fourth-order valence-corrected chi connectivity index (χ4v) is 2.88. The van der Waals surface area contributed by atoms with Crippen molar-refractivity contribution >= 4 is 15.9 Å². The number of aryl methyl sites for hydroxylation is 2. The fourth-order valence-electron chi connectivity index (χ4n) is 2.37. The first-order valence-electron chi connectivity index (χ1n) is 6.79. The van der Waals surface area contributed by atoms with Gasteiger partial charge >= 0.3 is 0 Å². The molecule has 106 valence electrons. The van der Waals surface area contributed by atoms with E-state index in [9.17, 15) is 4.39 Å². The second-order valence-corrected chi connectivity index (χ2v) is 6.12. The topological polar surface area (TPSA) is 26.0 Å². The third kappa shape index (κ3) is 4.43. The average Bonchev–Trinajstić information content (AvgIpc) is 2.36. The monoisotopic (exact) mass is 335 g/mol. The summed E-state index contributed by atoms with van der Waals surface area (Å²) in [6, 6.07) is 13.3. The van der Waals surface area contributed by atoms with Gasteiger partial charge in [-0.05, 0) is 61.1 Å². The zero-order valence-corrected chi connectivity index (χ0v) is 13.2. The van der Waals surface area contributed by atoms with E-state index in [-0.39, 0.29) is 11.9 Å². The predicted octanol–water partition coefficient (Wildman–Crippen LogP) is 4.40. The average molecular weight is 336 g/mol. The van der Waals surface area contributed by atoms with Crippen molar-refractivity contribution in [3.05, 3.63) is 69.4 Å². The molecule has 0 aliphatic heterocycles. The Kier molecular flexibility index (Phi) is 5.32. The van der Waals surface area contributed by atoms with Crippen molar-refractivity contribution in [1.82, 2.24) is 0 Å². The van der Waals surface area contributed by atoms with Gasteiger partial charge in [0.15, 0.2) is 0 Å². The molecule has 0 radical (unpaired) electrons. The van der Waals surface area contributed by atoms with Gasteiger partial charge < -0.3 is 5.73 Å². The molecule has 1 unspecified atom stereocenters. The van der Waals surface area contributed by atoms with E-state index in [1.54, 1.807) is 6.07 Å². The molecule has 20 heavy (non-hydrogen) atoms. The van der Waals surface area contributed by atoms with Gasteiger partial charge in [0.1, 0.15) is 5.82 Å². The molecule has 2 N–H and O–H groups in total. The highest BCUT2D eigenvalue weighted by atomic mass is 79.9. The lowest BCUT2D eigenvalue weighted by molar-refractivity contribution is 0.597. The van der Waals surface area contributed by atoms with Crippen molar-refractivity contribution < 1.29 is 4.39 Å². The minimum Gasteiger partial charge on any atom is -0.327 e. The van der Waals surface area contributed by atoms with Gasteiger partial charge in [-0.2, -0.15) is 0 Å². The van der Waals surface area contributed by atoms with Crippen LogP contribution in [-0.2, 0) is 12.8 Å². The standard InChI is InChI=1S/C17H19BrFN/c1-12-4-2-3-5-14(12)6-7-17(20)10-13-8-15(18)11-16(19)9-13/h2-5,8-9,11,17H,6-7,10,20H2,1H3. The van der Waals surface area contributed by atoms with Gasteiger partial charge in [0.05, 0.1) is 0 Å². The second kappa shape index (κ2) is 7.00. The SMILES string of the molecule is Cc1ccccc1CCC(N)Cc1cc(F)cc(Br)c1. The van der Waals surface area contributed by atoms with Crippen LogP contribution in [-0.4, -0.2) is 6.04 Å². The van der Waals surface area contributed by atoms with Crippen LogP contribution in [0.15, 0.2) is 46.9 Å². The van der Waals surface area contributed by atoms with E-state index in [2.05, 4.69) is 41.1 Å². The van der Waals surface area contributed by atoms with Crippen LogP contribution in [0.25, 0.3) is 0 Å². The summed E-state index contributed by atoms with van der Waals surface area (Å²) >= 11 is 3.31. The molecule has 1 atom stereocenters. The predicted molar refractivity (Wildman–Crippen MR) is 85.3 cm³/mol. The van der Waals surface area contributed by atoms with Crippen LogP contribution in [0.1, 0.15) is 23.1 Å². The quantitative estimate of drug-likeness (QED) is 0.860. The lowest BCUT2D eigenvalue weighted by atomic mass is 9.97. The molecular weight excluding hydrogens is 317 g/mol. The van der Waals surface area contributed by atoms with Crippen LogP contribution in [0.2, 0.25) is 0 Å². The van der Waals surface area contributed by atoms with Gasteiger partial charge in [0, 0.05) is 10.5 Å². The molecule has 0 aromatic heterocycles. The summed E-state index contributed by atoms with van der Waals surface area (Å²) in [5.74, 6) is -0.222. The third-order valence-corrected chi connectivity index (χ3v) is 3.92. The van der Waals surface area contributed by atoms with Crippen molar-refractivity contribution in [1.29, 1.82) is 0 Å². The molecule has 1 nitrogen and oxygen atoms in total. The number of hydrogen-bond acceptors (Lipinski definition) is 1. The van der Waals surface area contributed by atoms with Gasteiger partial charge in [-0.25, -0.2) is 4.39 Å². The van der Waals surface area contributed by atoms with Gasteiger partial charge in [0.2, 0.25) is 0 Å². The number of halogens is 2. The van der Waals surface area contributed by atoms with Crippen LogP contribution < -0.4 is 5.73 Å². The van der Waals surface area contributed by atoms with Crippen molar-refractivity contribution in [3.63, 3.8) is 0 Å². The maximum Gasteiger partial charge on any atom is 0.124 e. The molecule has 0 saturated heterocycles. The highest BCUT2D eigenvalue weighted by molar-refractivity contribution is 9.10. The smallest absolute Gasteiger partial charge is 0.124 e. The van der Waals surface area contributed by atoms with Gasteiger partial charge in [0.25, 0.3) is 0 Å². The Bertz CT molecular complexity index is 563. The van der Waals surface area contributed by atoms with E-state index in [4.69, 9.17) is 5.73 Å². The molecule has 0 heterocycles. The molecule has 3 heteroatoms. The summed E-state index contributed by atoms with van der Waals surface area (Å²) in [6.07, 6.45) is 2.56. The Morgan fingerprint density at radius 3 is 2.65 bits per heavy atom. The summed E-state index contributed by atoms with van der Waals surface area (Å²) in [7, 11) is 0. The Labute approximate surface area is 128 Å². The maximum absolute atomic E-state index is 13.3. The Balaban J connectivity index is 1.92. The maximum atomic E-state index is 13.3. The summed E-state index contributed by atoms with van der Waals surface area (Å²) in [5, 5.41) is 0. The fraction of sp³-hybridized carbons (Fsp3) is 0.294. The molecule has 0 saturated carbocycles. The van der Waals surface area contributed by atoms with Crippen molar-refractivity contribution in [3.8, 4) is 0 Å². The lowest BCUT2D eigenvalue weighted by Gasteiger charge is -2.13. The van der Waals surface area contributed by atoms with Gasteiger partial charge in [-0.15, -0.1) is 0 Å². The van der Waals surface area contributed by atoms with Crippen LogP contribution >= 0.6 is 15.9 Å². The van der Waals surface area contributed by atoms with E-state index in [1.807, 2.05) is 12.1 Å². The number of nitrogens with two attached hydrogens (primary N) is 1. The van der Waals surface area contributed by atoms with Crippen LogP contribution in [0, 0.1) is 12.7 Å². The summed E-state index contributed by atoms with van der Waals surface area (Å²) in [5.41, 5.74) is 9.74. The largest absolute Gasteiger partial charge is 0.327 e. The van der Waals surface area contributed by atoms with Crippen molar-refractivity contribution in [2.24, 2.45) is 5.73 Å². The number of rotatable bonds is 5. The minimum atomic E-state index is -0.222. The Morgan fingerprint density at radius 1 is 1.20 bits per heavy atom. The molecule has 2 rings (SSSR count). The first kappa shape index (κ1) is 15.2. The molecule has 0 aliphatic rings. The highest BCUT2D eigenvalue weighted by Crippen LogP contribution is 2.17. The van der Waals surface area contributed by atoms with Gasteiger partial charge in [-0.3, -0.25) is 0 Å². The van der Waals surface area contributed by atoms with E-state index >= 15 is 0 Å². The van der Waals surface area contributed by atoms with Crippen LogP contribution in [0.5, 0.6) is 0 Å². The van der Waals surface area contributed by atoms with E-state index in [0.717, 1.165) is 22.9 Å². The highest BCUT2D eigenvalue weighted by Gasteiger charge is 2.07. The summed E-state index contributed by atoms with van der Waals surface area (Å²) < 4.78 is 14.1. The molecule has 0 bridgehead atoms. The van der Waals surface area contributed by atoms with Crippen molar-refractivity contribution in [2.45, 2.75) is 32.2 Å². The van der Waals surface area contributed by atoms with E-state index in [1.165, 1.54) is 17.2 Å². The third-order valence-electron chi connectivity index (χ3n) is 3.47.